The first kappa shape index (κ1) is 13.3. The molecule has 2 rings (SSSR count). The third-order valence-electron chi connectivity index (χ3n) is 2.96. The Morgan fingerprint density at radius 3 is 2.68 bits per heavy atom. The fraction of sp³-hybridized carbons (Fsp3) is 0.385. The lowest BCUT2D eigenvalue weighted by molar-refractivity contribution is -0.137. The zero-order valence-corrected chi connectivity index (χ0v) is 10.4. The van der Waals surface area contributed by atoms with Gasteiger partial charge < -0.3 is 14.7 Å². The molecule has 1 N–H and O–H groups in total. The molecule has 0 unspecified atom stereocenters. The highest BCUT2D eigenvalue weighted by Crippen LogP contribution is 2.31. The molecule has 1 aromatic rings. The van der Waals surface area contributed by atoms with E-state index in [4.69, 9.17) is 9.84 Å². The number of aliphatic carboxylic acids is 1. The summed E-state index contributed by atoms with van der Waals surface area (Å²) in [6, 6.07) is 3.95. The highest BCUT2D eigenvalue weighted by atomic mass is 19.1. The summed E-state index contributed by atoms with van der Waals surface area (Å²) in [6.07, 6.45) is 1.49. The lowest BCUT2D eigenvalue weighted by atomic mass is 10.1. The van der Waals surface area contributed by atoms with E-state index < -0.39 is 24.2 Å². The minimum Gasteiger partial charge on any atom is -0.496 e. The lowest BCUT2D eigenvalue weighted by Crippen LogP contribution is -2.38. The predicted molar refractivity (Wildman–Crippen MR) is 64.6 cm³/mol. The molecule has 1 fully saturated rings. The van der Waals surface area contributed by atoms with Crippen LogP contribution in [0.5, 0.6) is 5.75 Å². The highest BCUT2D eigenvalue weighted by molar-refractivity contribution is 5.99. The average molecular weight is 267 g/mol. The number of carbonyl (C=O) groups excluding carboxylic acids is 1. The van der Waals surface area contributed by atoms with Gasteiger partial charge in [-0.2, -0.15) is 0 Å². The molecule has 102 valence electrons. The number of carbonyl (C=O) groups is 2. The van der Waals surface area contributed by atoms with Crippen LogP contribution >= 0.6 is 0 Å². The fourth-order valence-electron chi connectivity index (χ4n) is 1.92. The van der Waals surface area contributed by atoms with Crippen LogP contribution in [0, 0.1) is 5.82 Å². The van der Waals surface area contributed by atoms with Crippen molar-refractivity contribution in [2.45, 2.75) is 18.9 Å². The molecule has 0 bridgehead atoms. The van der Waals surface area contributed by atoms with Gasteiger partial charge in [0, 0.05) is 6.04 Å². The van der Waals surface area contributed by atoms with Crippen LogP contribution in [0.1, 0.15) is 23.2 Å². The zero-order valence-electron chi connectivity index (χ0n) is 10.4. The van der Waals surface area contributed by atoms with Crippen molar-refractivity contribution >= 4 is 11.9 Å². The van der Waals surface area contributed by atoms with Crippen molar-refractivity contribution in [3.63, 3.8) is 0 Å². The van der Waals surface area contributed by atoms with Crippen molar-refractivity contribution < 1.29 is 23.8 Å². The van der Waals surface area contributed by atoms with Gasteiger partial charge in [0.15, 0.2) is 0 Å². The monoisotopic (exact) mass is 267 g/mol. The van der Waals surface area contributed by atoms with E-state index in [1.165, 1.54) is 24.1 Å². The number of hydrogen-bond donors (Lipinski definition) is 1. The number of carboxylic acid groups (broad SMARTS) is 1. The molecule has 0 heterocycles. The number of rotatable bonds is 5. The van der Waals surface area contributed by atoms with E-state index in [0.717, 1.165) is 18.9 Å². The van der Waals surface area contributed by atoms with Gasteiger partial charge in [-0.25, -0.2) is 4.39 Å². The first-order chi connectivity index (χ1) is 9.04. The molecule has 0 aliphatic heterocycles. The molecule has 1 aromatic carbocycles. The molecule has 0 atom stereocenters. The molecule has 0 spiro atoms. The maximum Gasteiger partial charge on any atom is 0.323 e. The fourth-order valence-corrected chi connectivity index (χ4v) is 1.92. The molecule has 1 aliphatic rings. The van der Waals surface area contributed by atoms with Gasteiger partial charge in [0.1, 0.15) is 23.7 Å². The Hall–Kier alpha value is -2.11. The van der Waals surface area contributed by atoms with Crippen molar-refractivity contribution in [1.82, 2.24) is 4.90 Å². The summed E-state index contributed by atoms with van der Waals surface area (Å²) in [7, 11) is 1.34. The standard InChI is InChI=1S/C13H14FNO4/c1-19-10-4-2-3-9(14)12(10)13(18)15(7-11(16)17)8-5-6-8/h2-4,8H,5-7H2,1H3,(H,16,17). The van der Waals surface area contributed by atoms with Crippen LogP contribution in [-0.2, 0) is 4.79 Å². The number of nitrogens with zero attached hydrogens (tertiary/aromatic N) is 1. The summed E-state index contributed by atoms with van der Waals surface area (Å²) in [5.74, 6) is -2.35. The molecule has 5 nitrogen and oxygen atoms in total. The normalized spacial score (nSPS) is 14.0. The third kappa shape index (κ3) is 2.83. The second-order valence-electron chi connectivity index (χ2n) is 4.38. The Bertz CT molecular complexity index is 513. The summed E-state index contributed by atoms with van der Waals surface area (Å²) in [4.78, 5) is 24.3. The maximum absolute atomic E-state index is 13.8. The van der Waals surface area contributed by atoms with Crippen LogP contribution in [0.25, 0.3) is 0 Å². The van der Waals surface area contributed by atoms with Gasteiger partial charge in [-0.05, 0) is 25.0 Å². The number of benzene rings is 1. The second kappa shape index (κ2) is 5.26. The van der Waals surface area contributed by atoms with Crippen molar-refractivity contribution in [1.29, 1.82) is 0 Å². The number of halogens is 1. The minimum atomic E-state index is -1.12. The van der Waals surface area contributed by atoms with Crippen molar-refractivity contribution in [2.24, 2.45) is 0 Å². The van der Waals surface area contributed by atoms with Gasteiger partial charge in [-0.3, -0.25) is 9.59 Å². The molecular formula is C13H14FNO4. The van der Waals surface area contributed by atoms with Gasteiger partial charge in [0.25, 0.3) is 5.91 Å². The highest BCUT2D eigenvalue weighted by Gasteiger charge is 2.36. The number of ether oxygens (including phenoxy) is 1. The summed E-state index contributed by atoms with van der Waals surface area (Å²) in [5, 5.41) is 8.83. The lowest BCUT2D eigenvalue weighted by Gasteiger charge is -2.21. The third-order valence-corrected chi connectivity index (χ3v) is 2.96. The SMILES string of the molecule is COc1cccc(F)c1C(=O)N(CC(=O)O)C1CC1. The Kier molecular flexibility index (Phi) is 3.69. The van der Waals surface area contributed by atoms with E-state index in [1.807, 2.05) is 0 Å². The van der Waals surface area contributed by atoms with E-state index in [-0.39, 0.29) is 17.4 Å². The summed E-state index contributed by atoms with van der Waals surface area (Å²) in [5.41, 5.74) is -0.210. The van der Waals surface area contributed by atoms with E-state index in [2.05, 4.69) is 0 Å². The molecule has 0 saturated heterocycles. The van der Waals surface area contributed by atoms with Crippen LogP contribution in [0.4, 0.5) is 4.39 Å². The van der Waals surface area contributed by atoms with Crippen molar-refractivity contribution in [3.8, 4) is 5.75 Å². The smallest absolute Gasteiger partial charge is 0.323 e. The molecule has 0 radical (unpaired) electrons. The largest absolute Gasteiger partial charge is 0.496 e. The summed E-state index contributed by atoms with van der Waals surface area (Å²) >= 11 is 0. The van der Waals surface area contributed by atoms with Gasteiger partial charge in [-0.1, -0.05) is 6.07 Å². The van der Waals surface area contributed by atoms with Crippen LogP contribution in [0.2, 0.25) is 0 Å². The Morgan fingerprint density at radius 1 is 1.47 bits per heavy atom. The van der Waals surface area contributed by atoms with Crippen LogP contribution in [-0.4, -0.2) is 41.6 Å². The summed E-state index contributed by atoms with van der Waals surface area (Å²) in [6.45, 7) is -0.430. The average Bonchev–Trinajstić information content (AvgIpc) is 3.18. The first-order valence-corrected chi connectivity index (χ1v) is 5.90. The predicted octanol–water partition coefficient (Wildman–Crippen LogP) is 1.52. The first-order valence-electron chi connectivity index (χ1n) is 5.90. The van der Waals surface area contributed by atoms with E-state index in [1.54, 1.807) is 0 Å². The number of hydrogen-bond acceptors (Lipinski definition) is 3. The van der Waals surface area contributed by atoms with Crippen molar-refractivity contribution in [2.75, 3.05) is 13.7 Å². The van der Waals surface area contributed by atoms with E-state index >= 15 is 0 Å². The molecule has 0 aromatic heterocycles. The molecular weight excluding hydrogens is 253 g/mol. The molecule has 19 heavy (non-hydrogen) atoms. The topological polar surface area (TPSA) is 66.8 Å². The van der Waals surface area contributed by atoms with Crippen LogP contribution < -0.4 is 4.74 Å². The number of methoxy groups -OCH3 is 1. The van der Waals surface area contributed by atoms with Gasteiger partial charge in [0.2, 0.25) is 0 Å². The zero-order chi connectivity index (χ0) is 14.0. The Morgan fingerprint density at radius 2 is 2.16 bits per heavy atom. The quantitative estimate of drug-likeness (QED) is 0.878. The molecule has 1 saturated carbocycles. The van der Waals surface area contributed by atoms with E-state index in [9.17, 15) is 14.0 Å². The van der Waals surface area contributed by atoms with Crippen LogP contribution in [0.15, 0.2) is 18.2 Å². The maximum atomic E-state index is 13.8. The van der Waals surface area contributed by atoms with Gasteiger partial charge >= 0.3 is 5.97 Å². The van der Waals surface area contributed by atoms with Crippen LogP contribution in [0.3, 0.4) is 0 Å². The molecule has 6 heteroatoms. The van der Waals surface area contributed by atoms with Crippen molar-refractivity contribution in [3.05, 3.63) is 29.6 Å². The molecule has 1 amide bonds. The van der Waals surface area contributed by atoms with E-state index in [0.29, 0.717) is 0 Å². The number of amides is 1. The second-order valence-corrected chi connectivity index (χ2v) is 4.38. The molecule has 1 aliphatic carbocycles. The Labute approximate surface area is 109 Å². The van der Waals surface area contributed by atoms with Gasteiger partial charge in [0.05, 0.1) is 7.11 Å². The van der Waals surface area contributed by atoms with Gasteiger partial charge in [-0.15, -0.1) is 0 Å². The number of carboxylic acids is 1. The Balaban J connectivity index is 2.33. The summed E-state index contributed by atoms with van der Waals surface area (Å²) < 4.78 is 18.8. The minimum absolute atomic E-state index is 0.112.